The Morgan fingerprint density at radius 2 is 1.85 bits per heavy atom. The minimum atomic E-state index is 0.513. The molecule has 6 nitrogen and oxygen atoms in total. The quantitative estimate of drug-likeness (QED) is 0.387. The molecule has 6 heteroatoms. The number of pyridine rings is 1. The molecular weight excluding hydrogens is 336 g/mol. The Kier molecular flexibility index (Phi) is 3.53. The minimum absolute atomic E-state index is 0.513. The van der Waals surface area contributed by atoms with E-state index in [1.165, 1.54) is 0 Å². The van der Waals surface area contributed by atoms with Crippen molar-refractivity contribution in [3.05, 3.63) is 72.6 Å². The molecule has 132 valence electrons. The molecule has 0 saturated carbocycles. The fourth-order valence-corrected chi connectivity index (χ4v) is 3.38. The number of nitrogens with two attached hydrogens (primary N) is 1. The summed E-state index contributed by atoms with van der Waals surface area (Å²) in [5, 5.41) is 12.5. The van der Waals surface area contributed by atoms with Crippen LogP contribution in [0.4, 0.5) is 11.5 Å². The van der Waals surface area contributed by atoms with E-state index < -0.39 is 0 Å². The molecule has 3 heterocycles. The number of nitrogens with zero attached hydrogens (tertiary/aromatic N) is 2. The second kappa shape index (κ2) is 6.17. The lowest BCUT2D eigenvalue weighted by molar-refractivity contribution is 1.08. The van der Waals surface area contributed by atoms with Crippen molar-refractivity contribution in [3.63, 3.8) is 0 Å². The Bertz CT molecular complexity index is 1240. The Hall–Kier alpha value is -3.80. The van der Waals surface area contributed by atoms with Crippen LogP contribution in [0.15, 0.2) is 66.9 Å². The number of nitrogens with one attached hydrogen (secondary N) is 3. The zero-order valence-electron chi connectivity index (χ0n) is 14.5. The van der Waals surface area contributed by atoms with Crippen LogP contribution in [0.2, 0.25) is 0 Å². The monoisotopic (exact) mass is 354 g/mol. The summed E-state index contributed by atoms with van der Waals surface area (Å²) in [6.07, 6.45) is 1.82. The molecule has 0 unspecified atom stereocenters. The molecule has 0 fully saturated rings. The number of aromatic nitrogens is 4. The van der Waals surface area contributed by atoms with Crippen LogP contribution in [0.25, 0.3) is 33.1 Å². The van der Waals surface area contributed by atoms with Gasteiger partial charge in [0.05, 0.1) is 12.1 Å². The fourth-order valence-electron chi connectivity index (χ4n) is 3.38. The Morgan fingerprint density at radius 1 is 0.963 bits per heavy atom. The highest BCUT2D eigenvalue weighted by Gasteiger charge is 2.10. The predicted octanol–water partition coefficient (Wildman–Crippen LogP) is 4.30. The first-order valence-corrected chi connectivity index (χ1v) is 8.77. The number of nitrogen functional groups attached to an aromatic ring is 1. The molecule has 0 aliphatic heterocycles. The van der Waals surface area contributed by atoms with Gasteiger partial charge in [-0.15, -0.1) is 0 Å². The molecule has 5 N–H and O–H groups in total. The van der Waals surface area contributed by atoms with E-state index in [1.807, 2.05) is 36.5 Å². The molecule has 0 atom stereocenters. The van der Waals surface area contributed by atoms with Gasteiger partial charge in [-0.05, 0) is 47.5 Å². The highest BCUT2D eigenvalue weighted by molar-refractivity contribution is 5.98. The zero-order chi connectivity index (χ0) is 18.2. The van der Waals surface area contributed by atoms with E-state index in [0.717, 1.165) is 44.4 Å². The number of benzene rings is 2. The summed E-state index contributed by atoms with van der Waals surface area (Å²) in [6, 6.07) is 20.5. The van der Waals surface area contributed by atoms with E-state index in [-0.39, 0.29) is 0 Å². The standard InChI is InChI=1S/C21H18N6/c22-20-18-10-13(6-7-19(18)26-27-20)16-8-9-23-21-17(16)11-15(25-21)12-24-14-4-2-1-3-5-14/h1-11,24H,12H2,(H,23,25)(H3,22,26,27). The van der Waals surface area contributed by atoms with Gasteiger partial charge in [-0.25, -0.2) is 4.98 Å². The largest absolute Gasteiger partial charge is 0.382 e. The number of aromatic amines is 2. The van der Waals surface area contributed by atoms with Crippen molar-refractivity contribution in [2.75, 3.05) is 11.1 Å². The highest BCUT2D eigenvalue weighted by Crippen LogP contribution is 2.31. The normalized spacial score (nSPS) is 11.3. The van der Waals surface area contributed by atoms with Crippen LogP contribution in [-0.4, -0.2) is 20.2 Å². The van der Waals surface area contributed by atoms with E-state index >= 15 is 0 Å². The summed E-state index contributed by atoms with van der Waals surface area (Å²) in [4.78, 5) is 7.89. The van der Waals surface area contributed by atoms with Crippen LogP contribution in [0.3, 0.4) is 0 Å². The lowest BCUT2D eigenvalue weighted by Gasteiger charge is -2.04. The second-order valence-electron chi connectivity index (χ2n) is 6.50. The number of para-hydroxylation sites is 1. The first kappa shape index (κ1) is 15.5. The molecule has 5 aromatic rings. The third-order valence-electron chi connectivity index (χ3n) is 4.75. The van der Waals surface area contributed by atoms with Gasteiger partial charge in [-0.1, -0.05) is 24.3 Å². The first-order valence-electron chi connectivity index (χ1n) is 8.77. The summed E-state index contributed by atoms with van der Waals surface area (Å²) in [6.45, 7) is 0.702. The number of hydrogen-bond donors (Lipinski definition) is 4. The molecule has 2 aromatic carbocycles. The van der Waals surface area contributed by atoms with Gasteiger partial charge in [0, 0.05) is 28.4 Å². The SMILES string of the molecule is Nc1n[nH]c2ccc(-c3ccnc4[nH]c(CNc5ccccc5)cc34)cc12. The molecule has 0 aliphatic rings. The van der Waals surface area contributed by atoms with Gasteiger partial charge in [0.15, 0.2) is 5.82 Å². The maximum atomic E-state index is 5.97. The Morgan fingerprint density at radius 3 is 2.74 bits per heavy atom. The molecule has 0 spiro atoms. The second-order valence-corrected chi connectivity index (χ2v) is 6.50. The zero-order valence-corrected chi connectivity index (χ0v) is 14.5. The fraction of sp³-hybridized carbons (Fsp3) is 0.0476. The van der Waals surface area contributed by atoms with Crippen LogP contribution < -0.4 is 11.1 Å². The van der Waals surface area contributed by atoms with Crippen molar-refractivity contribution >= 4 is 33.4 Å². The topological polar surface area (TPSA) is 95.4 Å². The van der Waals surface area contributed by atoms with Crippen molar-refractivity contribution < 1.29 is 0 Å². The molecule has 3 aromatic heterocycles. The molecule has 0 radical (unpaired) electrons. The Labute approximate surface area is 155 Å². The number of H-pyrrole nitrogens is 2. The van der Waals surface area contributed by atoms with Crippen molar-refractivity contribution in [3.8, 4) is 11.1 Å². The van der Waals surface area contributed by atoms with E-state index in [4.69, 9.17) is 5.73 Å². The average molecular weight is 354 g/mol. The van der Waals surface area contributed by atoms with Crippen LogP contribution in [-0.2, 0) is 6.54 Å². The number of fused-ring (bicyclic) bond motifs is 2. The molecule has 0 aliphatic carbocycles. The summed E-state index contributed by atoms with van der Waals surface area (Å²) in [5.41, 5.74) is 12.1. The van der Waals surface area contributed by atoms with Crippen LogP contribution in [0.5, 0.6) is 0 Å². The lowest BCUT2D eigenvalue weighted by atomic mass is 10.0. The maximum absolute atomic E-state index is 5.97. The van der Waals surface area contributed by atoms with Gasteiger partial charge in [-0.3, -0.25) is 5.10 Å². The maximum Gasteiger partial charge on any atom is 0.153 e. The summed E-state index contributed by atoms with van der Waals surface area (Å²) in [7, 11) is 0. The van der Waals surface area contributed by atoms with Gasteiger partial charge in [0.25, 0.3) is 0 Å². The molecule has 0 saturated heterocycles. The van der Waals surface area contributed by atoms with Crippen LogP contribution in [0, 0.1) is 0 Å². The highest BCUT2D eigenvalue weighted by atomic mass is 15.1. The minimum Gasteiger partial charge on any atom is -0.382 e. The summed E-state index contributed by atoms with van der Waals surface area (Å²) >= 11 is 0. The molecule has 0 bridgehead atoms. The third-order valence-corrected chi connectivity index (χ3v) is 4.75. The number of anilines is 2. The average Bonchev–Trinajstić information content (AvgIpc) is 3.30. The smallest absolute Gasteiger partial charge is 0.153 e. The summed E-state index contributed by atoms with van der Waals surface area (Å²) < 4.78 is 0. The van der Waals surface area contributed by atoms with Crippen molar-refractivity contribution in [1.29, 1.82) is 0 Å². The van der Waals surface area contributed by atoms with Crippen molar-refractivity contribution in [2.24, 2.45) is 0 Å². The van der Waals surface area contributed by atoms with Crippen molar-refractivity contribution in [2.45, 2.75) is 6.54 Å². The first-order chi connectivity index (χ1) is 13.3. The van der Waals surface area contributed by atoms with Gasteiger partial charge in [0.2, 0.25) is 0 Å². The third kappa shape index (κ3) is 2.77. The Balaban J connectivity index is 1.52. The van der Waals surface area contributed by atoms with E-state index in [1.54, 1.807) is 0 Å². The van der Waals surface area contributed by atoms with E-state index in [9.17, 15) is 0 Å². The van der Waals surface area contributed by atoms with Crippen LogP contribution in [0.1, 0.15) is 5.69 Å². The molecule has 5 rings (SSSR count). The molecule has 27 heavy (non-hydrogen) atoms. The molecule has 0 amide bonds. The van der Waals surface area contributed by atoms with E-state index in [2.05, 4.69) is 55.8 Å². The summed E-state index contributed by atoms with van der Waals surface area (Å²) in [5.74, 6) is 0.513. The molecular formula is C21H18N6. The number of hydrogen-bond acceptors (Lipinski definition) is 4. The van der Waals surface area contributed by atoms with Gasteiger partial charge in [0.1, 0.15) is 5.65 Å². The van der Waals surface area contributed by atoms with Crippen LogP contribution >= 0.6 is 0 Å². The predicted molar refractivity (Wildman–Crippen MR) is 109 cm³/mol. The van der Waals surface area contributed by atoms with Gasteiger partial charge >= 0.3 is 0 Å². The van der Waals surface area contributed by atoms with Gasteiger partial charge in [-0.2, -0.15) is 5.10 Å². The van der Waals surface area contributed by atoms with E-state index in [0.29, 0.717) is 12.4 Å². The number of rotatable bonds is 4. The van der Waals surface area contributed by atoms with Crippen molar-refractivity contribution in [1.82, 2.24) is 20.2 Å². The van der Waals surface area contributed by atoms with Gasteiger partial charge < -0.3 is 16.0 Å². The lowest BCUT2D eigenvalue weighted by Crippen LogP contribution is -1.98.